The molecule has 0 aliphatic heterocycles. The zero-order valence-corrected chi connectivity index (χ0v) is 16.3. The highest BCUT2D eigenvalue weighted by Crippen LogP contribution is 2.27. The van der Waals surface area contributed by atoms with Crippen molar-refractivity contribution in [3.63, 3.8) is 0 Å². The summed E-state index contributed by atoms with van der Waals surface area (Å²) in [4.78, 5) is 31.9. The average Bonchev–Trinajstić information content (AvgIpc) is 2.71. The van der Waals surface area contributed by atoms with Gasteiger partial charge in [0.05, 0.1) is 18.5 Å². The van der Waals surface area contributed by atoms with Crippen molar-refractivity contribution in [3.8, 4) is 11.8 Å². The van der Waals surface area contributed by atoms with E-state index < -0.39 is 11.8 Å². The highest BCUT2D eigenvalue weighted by Gasteiger charge is 2.27. The molecule has 3 amide bonds. The molecule has 3 rings (SSSR count). The van der Waals surface area contributed by atoms with Crippen LogP contribution in [0.25, 0.3) is 0 Å². The fourth-order valence-electron chi connectivity index (χ4n) is 3.23. The van der Waals surface area contributed by atoms with Crippen LogP contribution in [-0.2, 0) is 9.53 Å². The van der Waals surface area contributed by atoms with Gasteiger partial charge in [0.25, 0.3) is 0 Å². The molecule has 8 nitrogen and oxygen atoms in total. The zero-order chi connectivity index (χ0) is 20.8. The van der Waals surface area contributed by atoms with Crippen LogP contribution in [0.15, 0.2) is 30.6 Å². The van der Waals surface area contributed by atoms with Gasteiger partial charge in [-0.05, 0) is 56.4 Å². The Hall–Kier alpha value is -3.07. The van der Waals surface area contributed by atoms with Gasteiger partial charge in [0.2, 0.25) is 5.91 Å². The van der Waals surface area contributed by atoms with Crippen molar-refractivity contribution >= 4 is 17.6 Å². The van der Waals surface area contributed by atoms with Crippen LogP contribution in [-0.4, -0.2) is 35.1 Å². The second kappa shape index (κ2) is 9.42. The molecule has 1 saturated carbocycles. The number of aromatic nitrogens is 2. The van der Waals surface area contributed by atoms with Crippen LogP contribution in [0.4, 0.5) is 14.9 Å². The van der Waals surface area contributed by atoms with Crippen molar-refractivity contribution < 1.29 is 23.5 Å². The number of imide groups is 1. The fourth-order valence-corrected chi connectivity index (χ4v) is 3.23. The number of hydrogen-bond donors (Lipinski definition) is 2. The summed E-state index contributed by atoms with van der Waals surface area (Å²) in [5.41, 5.74) is 1.21. The standard InChI is InChI=1S/C20H23FN4O4/c1-12-9-15(5-8-17(12)29-20-22-10-14(21)11-23-20)24-19(27)25-18(26)13-3-6-16(28-2)7-4-13/h5,8-11,13,16H,3-4,6-7H2,1-2H3,(H2,24,25,26,27). The van der Waals surface area contributed by atoms with E-state index in [2.05, 4.69) is 20.6 Å². The molecule has 1 fully saturated rings. The number of nitrogens with zero attached hydrogens (tertiary/aromatic N) is 2. The first-order chi connectivity index (χ1) is 13.9. The van der Waals surface area contributed by atoms with Crippen LogP contribution in [0.2, 0.25) is 0 Å². The largest absolute Gasteiger partial charge is 0.424 e. The third-order valence-corrected chi connectivity index (χ3v) is 4.85. The molecular weight excluding hydrogens is 379 g/mol. The van der Waals surface area contributed by atoms with E-state index in [9.17, 15) is 14.0 Å². The molecule has 0 saturated heterocycles. The van der Waals surface area contributed by atoms with E-state index in [-0.39, 0.29) is 23.9 Å². The number of urea groups is 1. The molecule has 9 heteroatoms. The normalized spacial score (nSPS) is 18.7. The smallest absolute Gasteiger partial charge is 0.325 e. The van der Waals surface area contributed by atoms with E-state index >= 15 is 0 Å². The van der Waals surface area contributed by atoms with Crippen LogP contribution < -0.4 is 15.4 Å². The van der Waals surface area contributed by atoms with Crippen LogP contribution in [0, 0.1) is 18.7 Å². The Morgan fingerprint density at radius 3 is 2.45 bits per heavy atom. The number of hydrogen-bond acceptors (Lipinski definition) is 6. The Kier molecular flexibility index (Phi) is 6.71. The summed E-state index contributed by atoms with van der Waals surface area (Å²) in [5, 5.41) is 5.03. The minimum absolute atomic E-state index is 0.0155. The average molecular weight is 402 g/mol. The van der Waals surface area contributed by atoms with Crippen molar-refractivity contribution in [2.45, 2.75) is 38.7 Å². The lowest BCUT2D eigenvalue weighted by atomic mass is 9.87. The fraction of sp³-hybridized carbons (Fsp3) is 0.400. The number of amides is 3. The van der Waals surface area contributed by atoms with Gasteiger partial charge in [0.1, 0.15) is 5.75 Å². The molecule has 0 unspecified atom stereocenters. The number of carbonyl (C=O) groups is 2. The predicted molar refractivity (Wildman–Crippen MR) is 103 cm³/mol. The molecule has 1 aliphatic carbocycles. The van der Waals surface area contributed by atoms with E-state index in [0.29, 0.717) is 29.8 Å². The van der Waals surface area contributed by atoms with Crippen molar-refractivity contribution in [1.82, 2.24) is 15.3 Å². The van der Waals surface area contributed by atoms with Gasteiger partial charge in [0.15, 0.2) is 5.82 Å². The Labute approximate surface area is 167 Å². The van der Waals surface area contributed by atoms with Gasteiger partial charge in [0, 0.05) is 18.7 Å². The van der Waals surface area contributed by atoms with Gasteiger partial charge in [-0.15, -0.1) is 0 Å². The van der Waals surface area contributed by atoms with E-state index in [1.807, 2.05) is 0 Å². The molecule has 0 atom stereocenters. The van der Waals surface area contributed by atoms with Gasteiger partial charge in [-0.1, -0.05) is 0 Å². The predicted octanol–water partition coefficient (Wildman–Crippen LogP) is 3.57. The molecule has 29 heavy (non-hydrogen) atoms. The van der Waals surface area contributed by atoms with Crippen molar-refractivity contribution in [2.75, 3.05) is 12.4 Å². The van der Waals surface area contributed by atoms with Crippen molar-refractivity contribution in [2.24, 2.45) is 5.92 Å². The second-order valence-corrected chi connectivity index (χ2v) is 6.92. The summed E-state index contributed by atoms with van der Waals surface area (Å²) in [6.07, 6.45) is 5.25. The number of ether oxygens (including phenoxy) is 2. The first kappa shape index (κ1) is 20.7. The summed E-state index contributed by atoms with van der Waals surface area (Å²) in [6.45, 7) is 1.78. The Morgan fingerprint density at radius 1 is 1.14 bits per heavy atom. The highest BCUT2D eigenvalue weighted by atomic mass is 19.1. The first-order valence-corrected chi connectivity index (χ1v) is 9.35. The molecule has 1 heterocycles. The zero-order valence-electron chi connectivity index (χ0n) is 16.3. The number of aryl methyl sites for hydroxylation is 1. The Morgan fingerprint density at radius 2 is 1.83 bits per heavy atom. The first-order valence-electron chi connectivity index (χ1n) is 9.35. The summed E-state index contributed by atoms with van der Waals surface area (Å²) in [7, 11) is 1.67. The molecular formula is C20H23FN4O4. The van der Waals surface area contributed by atoms with Gasteiger partial charge in [-0.2, -0.15) is 0 Å². The number of rotatable bonds is 5. The molecule has 2 N–H and O–H groups in total. The van der Waals surface area contributed by atoms with E-state index in [1.165, 1.54) is 0 Å². The summed E-state index contributed by atoms with van der Waals surface area (Å²) < 4.78 is 23.7. The van der Waals surface area contributed by atoms with Crippen LogP contribution in [0.3, 0.4) is 0 Å². The van der Waals surface area contributed by atoms with Gasteiger partial charge >= 0.3 is 12.0 Å². The number of carbonyl (C=O) groups excluding carboxylic acids is 2. The monoisotopic (exact) mass is 402 g/mol. The van der Waals surface area contributed by atoms with Gasteiger partial charge in [-0.3, -0.25) is 10.1 Å². The summed E-state index contributed by atoms with van der Waals surface area (Å²) >= 11 is 0. The topological polar surface area (TPSA) is 102 Å². The van der Waals surface area contributed by atoms with Crippen molar-refractivity contribution in [3.05, 3.63) is 42.0 Å². The maximum Gasteiger partial charge on any atom is 0.325 e. The lowest BCUT2D eigenvalue weighted by Crippen LogP contribution is -2.40. The summed E-state index contributed by atoms with van der Waals surface area (Å²) in [5.74, 6) is -0.544. The van der Waals surface area contributed by atoms with E-state index in [1.54, 1.807) is 32.2 Å². The quantitative estimate of drug-likeness (QED) is 0.793. The van der Waals surface area contributed by atoms with E-state index in [0.717, 1.165) is 25.2 Å². The van der Waals surface area contributed by atoms with Gasteiger partial charge < -0.3 is 14.8 Å². The SMILES string of the molecule is COC1CCC(C(=O)NC(=O)Nc2ccc(Oc3ncc(F)cn3)c(C)c2)CC1. The number of nitrogens with one attached hydrogen (secondary N) is 2. The molecule has 1 aromatic carbocycles. The maximum atomic E-state index is 12.9. The lowest BCUT2D eigenvalue weighted by Gasteiger charge is -2.26. The third-order valence-electron chi connectivity index (χ3n) is 4.85. The molecule has 154 valence electrons. The van der Waals surface area contributed by atoms with Gasteiger partial charge in [-0.25, -0.2) is 19.2 Å². The van der Waals surface area contributed by atoms with Crippen LogP contribution >= 0.6 is 0 Å². The number of anilines is 1. The Balaban J connectivity index is 1.53. The maximum absolute atomic E-state index is 12.9. The lowest BCUT2D eigenvalue weighted by molar-refractivity contribution is -0.125. The van der Waals surface area contributed by atoms with Crippen LogP contribution in [0.5, 0.6) is 11.8 Å². The molecule has 1 aliphatic rings. The molecule has 0 radical (unpaired) electrons. The van der Waals surface area contributed by atoms with Crippen LogP contribution in [0.1, 0.15) is 31.2 Å². The highest BCUT2D eigenvalue weighted by molar-refractivity contribution is 6.01. The van der Waals surface area contributed by atoms with E-state index in [4.69, 9.17) is 9.47 Å². The molecule has 2 aromatic rings. The third kappa shape index (κ3) is 5.71. The number of benzene rings is 1. The molecule has 0 spiro atoms. The number of halogens is 1. The number of methoxy groups -OCH3 is 1. The minimum atomic E-state index is -0.584. The molecule has 0 bridgehead atoms. The Bertz CT molecular complexity index is 867. The minimum Gasteiger partial charge on any atom is -0.424 e. The second-order valence-electron chi connectivity index (χ2n) is 6.92. The van der Waals surface area contributed by atoms with Crippen molar-refractivity contribution in [1.29, 1.82) is 0 Å². The summed E-state index contributed by atoms with van der Waals surface area (Å²) in [6, 6.07) is 4.37. The molecule has 1 aromatic heterocycles.